The maximum Gasteiger partial charge on any atom is 0.326 e. The lowest BCUT2D eigenvalue weighted by Crippen LogP contribution is -2.60. The predicted molar refractivity (Wildman–Crippen MR) is 273 cm³/mol. The topological polar surface area (TPSA) is 427 Å². The number of non-ortho nitro benzene ring substituents is 1. The van der Waals surface area contributed by atoms with Gasteiger partial charge in [-0.25, -0.2) is 4.79 Å². The molecule has 0 bridgehead atoms. The van der Waals surface area contributed by atoms with Crippen LogP contribution in [0.15, 0.2) is 59.6 Å². The monoisotopic (exact) mass is 1020 g/mol. The summed E-state index contributed by atoms with van der Waals surface area (Å²) in [6, 6.07) is 3.72. The van der Waals surface area contributed by atoms with E-state index in [9.17, 15) is 53.6 Å². The smallest absolute Gasteiger partial charge is 0.326 e. The molecule has 2 aromatic carbocycles. The van der Waals surface area contributed by atoms with Gasteiger partial charge in [-0.1, -0.05) is 62.7 Å². The van der Waals surface area contributed by atoms with Crippen LogP contribution in [-0.4, -0.2) is 131 Å². The minimum absolute atomic E-state index is 0.0480. The van der Waals surface area contributed by atoms with E-state index in [4.69, 9.17) is 28.7 Å². The molecule has 0 aliphatic heterocycles. The fourth-order valence-corrected chi connectivity index (χ4v) is 7.30. The van der Waals surface area contributed by atoms with E-state index in [0.717, 1.165) is 0 Å². The van der Waals surface area contributed by atoms with Gasteiger partial charge < -0.3 is 71.0 Å². The van der Waals surface area contributed by atoms with Gasteiger partial charge in [0.15, 0.2) is 5.96 Å². The normalized spacial score (nSPS) is 14.3. The molecule has 0 spiro atoms. The van der Waals surface area contributed by atoms with E-state index in [1.54, 1.807) is 44.2 Å². The van der Waals surface area contributed by atoms with Gasteiger partial charge in [0.25, 0.3) is 5.69 Å². The number of benzene rings is 2. The molecule has 404 valence electrons. The van der Waals surface area contributed by atoms with Crippen molar-refractivity contribution in [3.05, 3.63) is 75.8 Å². The third-order valence-electron chi connectivity index (χ3n) is 11.4. The molecule has 0 saturated carbocycles. The number of carbonyl (C=O) groups is 8. The second kappa shape index (κ2) is 32.7. The van der Waals surface area contributed by atoms with Gasteiger partial charge in [-0.05, 0) is 95.3 Å². The minimum Gasteiger partial charge on any atom is -0.480 e. The highest BCUT2D eigenvalue weighted by Gasteiger charge is 2.34. The molecular formula is C48H76N14O11. The van der Waals surface area contributed by atoms with Crippen LogP contribution in [0.3, 0.4) is 0 Å². The van der Waals surface area contributed by atoms with E-state index < -0.39 is 101 Å². The molecule has 8 atom stereocenters. The van der Waals surface area contributed by atoms with Gasteiger partial charge in [0.2, 0.25) is 41.4 Å². The van der Waals surface area contributed by atoms with Crippen LogP contribution in [-0.2, 0) is 51.2 Å². The summed E-state index contributed by atoms with van der Waals surface area (Å²) in [5.74, 6) is -7.09. The molecule has 0 aromatic heterocycles. The van der Waals surface area contributed by atoms with Gasteiger partial charge in [0, 0.05) is 31.5 Å². The molecule has 0 fully saturated rings. The molecule has 7 amide bonds. The maximum atomic E-state index is 14.6. The SMILES string of the molecule is CC(C)C[C@H](NC(=O)[C@H](CCCN=C(N)N)NC(=O)[C@H](Cc1ccc([N+](=O)[O-])cc1)NC(=O)[C@H](Cc1ccccc1)NC(=O)[C@H](CCCCN)NC(=O)[C@H](C)NC(=O)[C@H](C)NC(=O)[C@@H](N)CCCCN)C(=O)O. The molecule has 73 heavy (non-hydrogen) atoms. The number of amides is 7. The Morgan fingerprint density at radius 2 is 0.986 bits per heavy atom. The van der Waals surface area contributed by atoms with Crippen molar-refractivity contribution in [1.82, 2.24) is 37.2 Å². The molecule has 0 unspecified atom stereocenters. The average molecular weight is 1030 g/mol. The molecular weight excluding hydrogens is 949 g/mol. The summed E-state index contributed by atoms with van der Waals surface area (Å²) in [6.45, 7) is 7.10. The summed E-state index contributed by atoms with van der Waals surface area (Å²) >= 11 is 0. The van der Waals surface area contributed by atoms with Gasteiger partial charge in [-0.3, -0.25) is 48.7 Å². The van der Waals surface area contributed by atoms with Crippen LogP contribution >= 0.6 is 0 Å². The van der Waals surface area contributed by atoms with Crippen LogP contribution < -0.4 is 65.9 Å². The second-order valence-electron chi connectivity index (χ2n) is 18.2. The molecule has 0 aliphatic carbocycles. The van der Waals surface area contributed by atoms with Crippen molar-refractivity contribution in [3.8, 4) is 0 Å². The molecule has 25 heteroatoms. The van der Waals surface area contributed by atoms with Crippen LogP contribution in [0.4, 0.5) is 5.69 Å². The van der Waals surface area contributed by atoms with Crippen molar-refractivity contribution in [2.24, 2.45) is 39.6 Å². The Hall–Kier alpha value is -7.25. The standard InChI is InChI=1S/C48H76N14O11/c1-28(2)25-39(47(70)71)61-44(67)36(17-12-24-54-48(52)53)58-45(68)38(27-32-18-20-33(21-19-32)62(72)73)60-46(69)37(26-31-13-6-5-7-14-31)59-43(66)35(16-9-11-23-50)57-41(64)30(4)55-40(63)29(3)56-42(65)34(51)15-8-10-22-49/h5-7,13-14,18-21,28-30,34-39H,8-12,15-17,22-27,49-51H2,1-4H3,(H,55,63)(H,56,65)(H,57,64)(H,58,68)(H,59,66)(H,60,69)(H,61,67)(H,70,71)(H4,52,53,54)/t29-,30-,34-,35-,36-,37-,38-,39-/m0/s1. The lowest BCUT2D eigenvalue weighted by molar-refractivity contribution is -0.384. The Bertz CT molecular complexity index is 2160. The highest BCUT2D eigenvalue weighted by atomic mass is 16.6. The van der Waals surface area contributed by atoms with Crippen LogP contribution in [0.2, 0.25) is 0 Å². The van der Waals surface area contributed by atoms with Gasteiger partial charge >= 0.3 is 5.97 Å². The summed E-state index contributed by atoms with van der Waals surface area (Å²) in [5.41, 5.74) is 28.9. The number of nitrogens with one attached hydrogen (secondary N) is 7. The lowest BCUT2D eigenvalue weighted by Gasteiger charge is -2.28. The van der Waals surface area contributed by atoms with Crippen LogP contribution in [0.25, 0.3) is 0 Å². The van der Waals surface area contributed by atoms with Crippen molar-refractivity contribution in [2.75, 3.05) is 19.6 Å². The zero-order chi connectivity index (χ0) is 54.6. The number of unbranched alkanes of at least 4 members (excludes halogenated alkanes) is 2. The van der Waals surface area contributed by atoms with Crippen LogP contribution in [0.5, 0.6) is 0 Å². The molecule has 0 radical (unpaired) electrons. The molecule has 25 nitrogen and oxygen atoms in total. The fraction of sp³-hybridized carbons (Fsp3) is 0.562. The molecule has 0 aliphatic rings. The van der Waals surface area contributed by atoms with E-state index in [-0.39, 0.29) is 69.2 Å². The molecule has 18 N–H and O–H groups in total. The number of guanidine groups is 1. The van der Waals surface area contributed by atoms with Gasteiger partial charge in [-0.2, -0.15) is 0 Å². The largest absolute Gasteiger partial charge is 0.480 e. The van der Waals surface area contributed by atoms with E-state index in [2.05, 4.69) is 42.2 Å². The van der Waals surface area contributed by atoms with Crippen molar-refractivity contribution >= 4 is 59.0 Å². The van der Waals surface area contributed by atoms with Crippen molar-refractivity contribution in [2.45, 2.75) is 147 Å². The highest BCUT2D eigenvalue weighted by molar-refractivity contribution is 5.97. The van der Waals surface area contributed by atoms with Crippen molar-refractivity contribution in [1.29, 1.82) is 0 Å². The number of nitrogens with two attached hydrogens (primary N) is 5. The molecule has 0 saturated heterocycles. The predicted octanol–water partition coefficient (Wildman–Crippen LogP) is -1.42. The van der Waals surface area contributed by atoms with E-state index in [0.29, 0.717) is 49.8 Å². The number of aliphatic imine (C=N–C) groups is 1. The maximum absolute atomic E-state index is 14.6. The van der Waals surface area contributed by atoms with Crippen molar-refractivity contribution < 1.29 is 48.4 Å². The Kier molecular flexibility index (Phi) is 27.7. The summed E-state index contributed by atoms with van der Waals surface area (Å²) in [7, 11) is 0. The fourth-order valence-electron chi connectivity index (χ4n) is 7.30. The van der Waals surface area contributed by atoms with Crippen LogP contribution in [0.1, 0.15) is 96.6 Å². The van der Waals surface area contributed by atoms with Gasteiger partial charge in [0.1, 0.15) is 42.3 Å². The Labute approximate surface area is 425 Å². The number of carbonyl (C=O) groups excluding carboxylic acids is 7. The summed E-state index contributed by atoms with van der Waals surface area (Å²) < 4.78 is 0. The highest BCUT2D eigenvalue weighted by Crippen LogP contribution is 2.15. The Morgan fingerprint density at radius 1 is 0.562 bits per heavy atom. The number of hydrogen-bond acceptors (Lipinski definition) is 14. The third kappa shape index (κ3) is 23.7. The quantitative estimate of drug-likeness (QED) is 0.0126. The average Bonchev–Trinajstić information content (AvgIpc) is 3.33. The lowest BCUT2D eigenvalue weighted by atomic mass is 10.0. The zero-order valence-corrected chi connectivity index (χ0v) is 42.1. The Morgan fingerprint density at radius 3 is 1.47 bits per heavy atom. The second-order valence-corrected chi connectivity index (χ2v) is 18.2. The first kappa shape index (κ1) is 61.9. The number of rotatable bonds is 34. The third-order valence-corrected chi connectivity index (χ3v) is 11.4. The van der Waals surface area contributed by atoms with E-state index >= 15 is 0 Å². The van der Waals surface area contributed by atoms with E-state index in [1.165, 1.54) is 38.1 Å². The number of nitrogens with zero attached hydrogens (tertiary/aromatic N) is 2. The number of hydrogen-bond donors (Lipinski definition) is 13. The first-order valence-electron chi connectivity index (χ1n) is 24.4. The summed E-state index contributed by atoms with van der Waals surface area (Å²) in [5, 5.41) is 39.5. The zero-order valence-electron chi connectivity index (χ0n) is 42.1. The van der Waals surface area contributed by atoms with E-state index in [1.807, 2.05) is 0 Å². The minimum atomic E-state index is -1.51. The number of carboxylic acid groups (broad SMARTS) is 1. The molecule has 2 rings (SSSR count). The van der Waals surface area contributed by atoms with Gasteiger partial charge in [-0.15, -0.1) is 0 Å². The summed E-state index contributed by atoms with van der Waals surface area (Å²) in [4.78, 5) is 123. The van der Waals surface area contributed by atoms with Crippen molar-refractivity contribution in [3.63, 3.8) is 0 Å². The summed E-state index contributed by atoms with van der Waals surface area (Å²) in [6.07, 6.45) is 2.28. The molecule has 2 aromatic rings. The molecule has 0 heterocycles. The van der Waals surface area contributed by atoms with Gasteiger partial charge in [0.05, 0.1) is 11.0 Å². The number of nitro groups is 1. The Balaban J connectivity index is 2.50. The van der Waals surface area contributed by atoms with Crippen LogP contribution in [0, 0.1) is 16.0 Å². The number of nitro benzene ring substituents is 1. The first-order chi connectivity index (χ1) is 34.6. The number of aliphatic carboxylic acids is 1. The first-order valence-corrected chi connectivity index (χ1v) is 24.4. The number of carboxylic acids is 1.